The predicted molar refractivity (Wildman–Crippen MR) is 102 cm³/mol. The Balaban J connectivity index is 1.62. The fraction of sp³-hybridized carbons (Fsp3) is 0. The number of nitrogens with one attached hydrogen (secondary N) is 1. The third-order valence-corrected chi connectivity index (χ3v) is 4.93. The van der Waals surface area contributed by atoms with Gasteiger partial charge in [0, 0.05) is 21.1 Å². The van der Waals surface area contributed by atoms with Crippen molar-refractivity contribution in [1.82, 2.24) is 4.98 Å². The van der Waals surface area contributed by atoms with E-state index in [-0.39, 0.29) is 0 Å². The third kappa shape index (κ3) is 3.14. The number of thiazole rings is 1. The highest BCUT2D eigenvalue weighted by Gasteiger charge is 2.06. The molecule has 112 valence electrons. The van der Waals surface area contributed by atoms with Gasteiger partial charge < -0.3 is 5.32 Å². The van der Waals surface area contributed by atoms with Crippen LogP contribution < -0.4 is 5.32 Å². The molecule has 0 aliphatic rings. The molecule has 0 unspecified atom stereocenters. The van der Waals surface area contributed by atoms with Crippen LogP contribution in [0, 0.1) is 0 Å². The van der Waals surface area contributed by atoms with E-state index in [2.05, 4.69) is 69.1 Å². The Morgan fingerprint density at radius 2 is 1.65 bits per heavy atom. The number of rotatable bonds is 3. The van der Waals surface area contributed by atoms with E-state index in [1.807, 2.05) is 24.3 Å². The van der Waals surface area contributed by atoms with Gasteiger partial charge in [-0.2, -0.15) is 0 Å². The molecule has 4 heteroatoms. The molecule has 0 amide bonds. The number of nitrogens with zero attached hydrogens (tertiary/aromatic N) is 1. The molecular weight excluding hydrogens is 368 g/mol. The summed E-state index contributed by atoms with van der Waals surface area (Å²) in [7, 11) is 0. The lowest BCUT2D eigenvalue weighted by molar-refractivity contribution is 1.38. The lowest BCUT2D eigenvalue weighted by Crippen LogP contribution is -1.89. The molecule has 1 aromatic heterocycles. The number of hydrogen-bond acceptors (Lipinski definition) is 3. The van der Waals surface area contributed by atoms with E-state index in [1.54, 1.807) is 11.3 Å². The minimum absolute atomic E-state index is 0.899. The van der Waals surface area contributed by atoms with E-state index in [0.717, 1.165) is 26.5 Å². The summed E-state index contributed by atoms with van der Waals surface area (Å²) < 4.78 is 1.07. The van der Waals surface area contributed by atoms with Crippen LogP contribution in [0.15, 0.2) is 76.6 Å². The lowest BCUT2D eigenvalue weighted by atomic mass is 10.1. The summed E-state index contributed by atoms with van der Waals surface area (Å²) >= 11 is 5.06. The zero-order valence-corrected chi connectivity index (χ0v) is 14.6. The summed E-state index contributed by atoms with van der Waals surface area (Å²) in [6.45, 7) is 0. The maximum atomic E-state index is 4.70. The molecule has 0 saturated carbocycles. The van der Waals surface area contributed by atoms with Crippen LogP contribution in [0.25, 0.3) is 22.0 Å². The van der Waals surface area contributed by atoms with Gasteiger partial charge in [-0.05, 0) is 41.1 Å². The highest BCUT2D eigenvalue weighted by molar-refractivity contribution is 9.10. The first-order chi connectivity index (χ1) is 11.3. The summed E-state index contributed by atoms with van der Waals surface area (Å²) in [5.74, 6) is 0. The molecule has 0 spiro atoms. The maximum absolute atomic E-state index is 4.70. The first-order valence-electron chi connectivity index (χ1n) is 7.25. The first kappa shape index (κ1) is 14.4. The summed E-state index contributed by atoms with van der Waals surface area (Å²) in [6, 6.07) is 22.9. The van der Waals surface area contributed by atoms with Gasteiger partial charge in [-0.15, -0.1) is 11.3 Å². The van der Waals surface area contributed by atoms with Crippen molar-refractivity contribution in [3.63, 3.8) is 0 Å². The molecule has 4 rings (SSSR count). The molecule has 0 radical (unpaired) electrons. The van der Waals surface area contributed by atoms with Gasteiger partial charge in [0.25, 0.3) is 0 Å². The summed E-state index contributed by atoms with van der Waals surface area (Å²) in [6.07, 6.45) is 0. The molecule has 4 aromatic rings. The molecule has 23 heavy (non-hydrogen) atoms. The second-order valence-electron chi connectivity index (χ2n) is 5.23. The van der Waals surface area contributed by atoms with Crippen molar-refractivity contribution in [2.75, 3.05) is 5.32 Å². The second kappa shape index (κ2) is 6.14. The van der Waals surface area contributed by atoms with E-state index < -0.39 is 0 Å². The number of benzene rings is 3. The maximum Gasteiger partial charge on any atom is 0.187 e. The fourth-order valence-electron chi connectivity index (χ4n) is 2.47. The Hall–Kier alpha value is -2.17. The summed E-state index contributed by atoms with van der Waals surface area (Å²) in [5, 5.41) is 8.82. The van der Waals surface area contributed by atoms with Crippen LogP contribution in [-0.2, 0) is 0 Å². The molecule has 1 N–H and O–H groups in total. The Labute approximate surface area is 147 Å². The normalized spacial score (nSPS) is 10.8. The van der Waals surface area contributed by atoms with E-state index in [9.17, 15) is 0 Å². The van der Waals surface area contributed by atoms with Gasteiger partial charge in [0.2, 0.25) is 0 Å². The molecule has 0 aliphatic carbocycles. The molecule has 0 saturated heterocycles. The van der Waals surface area contributed by atoms with Crippen molar-refractivity contribution in [2.45, 2.75) is 0 Å². The second-order valence-corrected chi connectivity index (χ2v) is 7.01. The van der Waals surface area contributed by atoms with Crippen LogP contribution >= 0.6 is 27.3 Å². The number of anilines is 2. The van der Waals surface area contributed by atoms with Crippen molar-refractivity contribution in [3.05, 3.63) is 76.6 Å². The Bertz CT molecular complexity index is 960. The van der Waals surface area contributed by atoms with Crippen LogP contribution in [-0.4, -0.2) is 4.98 Å². The number of halogens is 1. The van der Waals surface area contributed by atoms with Crippen LogP contribution in [0.3, 0.4) is 0 Å². The zero-order chi connectivity index (χ0) is 15.6. The van der Waals surface area contributed by atoms with E-state index in [0.29, 0.717) is 0 Å². The van der Waals surface area contributed by atoms with E-state index >= 15 is 0 Å². The Morgan fingerprint density at radius 1 is 0.870 bits per heavy atom. The standard InChI is InChI=1S/C19H13BrN2S/c20-16-7-9-17(10-8-16)21-19-22-18(12-23-19)15-6-5-13-3-1-2-4-14(13)11-15/h1-12H,(H,21,22). The quantitative estimate of drug-likeness (QED) is 0.440. The minimum atomic E-state index is 0.899. The highest BCUT2D eigenvalue weighted by atomic mass is 79.9. The molecular formula is C19H13BrN2S. The highest BCUT2D eigenvalue weighted by Crippen LogP contribution is 2.29. The smallest absolute Gasteiger partial charge is 0.187 e. The van der Waals surface area contributed by atoms with Gasteiger partial charge >= 0.3 is 0 Å². The molecule has 1 heterocycles. The van der Waals surface area contributed by atoms with Crippen LogP contribution in [0.4, 0.5) is 10.8 Å². The van der Waals surface area contributed by atoms with Crippen molar-refractivity contribution in [3.8, 4) is 11.3 Å². The van der Waals surface area contributed by atoms with Crippen molar-refractivity contribution in [2.24, 2.45) is 0 Å². The summed E-state index contributed by atoms with van der Waals surface area (Å²) in [4.78, 5) is 4.70. The molecule has 0 fully saturated rings. The molecule has 0 atom stereocenters. The topological polar surface area (TPSA) is 24.9 Å². The molecule has 0 aliphatic heterocycles. The predicted octanol–water partition coefficient (Wildman–Crippen LogP) is 6.47. The monoisotopic (exact) mass is 380 g/mol. The number of fused-ring (bicyclic) bond motifs is 1. The summed E-state index contributed by atoms with van der Waals surface area (Å²) in [5.41, 5.74) is 3.18. The Kier molecular flexibility index (Phi) is 3.85. The number of hydrogen-bond donors (Lipinski definition) is 1. The SMILES string of the molecule is Brc1ccc(Nc2nc(-c3ccc4ccccc4c3)cs2)cc1. The van der Waals surface area contributed by atoms with Crippen molar-refractivity contribution >= 4 is 48.9 Å². The largest absolute Gasteiger partial charge is 0.332 e. The van der Waals surface area contributed by atoms with Gasteiger partial charge in [-0.3, -0.25) is 0 Å². The average molecular weight is 381 g/mol. The molecule has 0 bridgehead atoms. The van der Waals surface area contributed by atoms with Crippen molar-refractivity contribution in [1.29, 1.82) is 0 Å². The van der Waals surface area contributed by atoms with Gasteiger partial charge in [0.05, 0.1) is 5.69 Å². The molecule has 3 aromatic carbocycles. The zero-order valence-electron chi connectivity index (χ0n) is 12.2. The lowest BCUT2D eigenvalue weighted by Gasteiger charge is -2.03. The minimum Gasteiger partial charge on any atom is -0.332 e. The van der Waals surface area contributed by atoms with Gasteiger partial charge in [-0.1, -0.05) is 52.3 Å². The number of aromatic nitrogens is 1. The van der Waals surface area contributed by atoms with Crippen LogP contribution in [0.1, 0.15) is 0 Å². The van der Waals surface area contributed by atoms with Crippen LogP contribution in [0.5, 0.6) is 0 Å². The van der Waals surface area contributed by atoms with Crippen molar-refractivity contribution < 1.29 is 0 Å². The first-order valence-corrected chi connectivity index (χ1v) is 8.92. The fourth-order valence-corrected chi connectivity index (χ4v) is 3.47. The third-order valence-electron chi connectivity index (χ3n) is 3.64. The average Bonchev–Trinajstić information content (AvgIpc) is 3.05. The van der Waals surface area contributed by atoms with Gasteiger partial charge in [-0.25, -0.2) is 4.98 Å². The van der Waals surface area contributed by atoms with Gasteiger partial charge in [0.1, 0.15) is 0 Å². The molecule has 2 nitrogen and oxygen atoms in total. The Morgan fingerprint density at radius 3 is 2.48 bits per heavy atom. The van der Waals surface area contributed by atoms with Crippen LogP contribution in [0.2, 0.25) is 0 Å². The van der Waals surface area contributed by atoms with E-state index in [1.165, 1.54) is 10.8 Å². The van der Waals surface area contributed by atoms with Gasteiger partial charge in [0.15, 0.2) is 5.13 Å². The van der Waals surface area contributed by atoms with E-state index in [4.69, 9.17) is 4.98 Å².